The van der Waals surface area contributed by atoms with E-state index in [-0.39, 0.29) is 17.7 Å². The van der Waals surface area contributed by atoms with Gasteiger partial charge in [0.15, 0.2) is 0 Å². The fourth-order valence-corrected chi connectivity index (χ4v) is 3.66. The third-order valence-corrected chi connectivity index (χ3v) is 4.66. The van der Waals surface area contributed by atoms with Gasteiger partial charge in [0.2, 0.25) is 0 Å². The lowest BCUT2D eigenvalue weighted by atomic mass is 9.77. The summed E-state index contributed by atoms with van der Waals surface area (Å²) in [6, 6.07) is 12.7. The Morgan fingerprint density at radius 3 is 2.62 bits per heavy atom. The van der Waals surface area contributed by atoms with E-state index in [0.29, 0.717) is 5.02 Å². The molecule has 1 nitrogen and oxygen atoms in total. The van der Waals surface area contributed by atoms with Crippen LogP contribution in [-0.2, 0) is 0 Å². The zero-order valence-corrected chi connectivity index (χ0v) is 13.0. The number of benzene rings is 2. The number of piperidine rings is 1. The molecule has 0 aliphatic carbocycles. The smallest absolute Gasteiger partial charge is 0.124 e. The Balaban J connectivity index is 2.00. The molecular weight excluding hydrogens is 308 g/mol. The lowest BCUT2D eigenvalue weighted by Crippen LogP contribution is -2.34. The average Bonchev–Trinajstić information content (AvgIpc) is 2.47. The largest absolute Gasteiger partial charge is 0.316 e. The minimum Gasteiger partial charge on any atom is -0.316 e. The van der Waals surface area contributed by atoms with Crippen molar-refractivity contribution < 1.29 is 4.39 Å². The van der Waals surface area contributed by atoms with E-state index < -0.39 is 0 Å². The summed E-state index contributed by atoms with van der Waals surface area (Å²) < 4.78 is 13.7. The van der Waals surface area contributed by atoms with Gasteiger partial charge in [-0.15, -0.1) is 0 Å². The van der Waals surface area contributed by atoms with E-state index in [4.69, 9.17) is 23.2 Å². The minimum atomic E-state index is -0.283. The summed E-state index contributed by atoms with van der Waals surface area (Å²) in [4.78, 5) is 0. The first-order valence-corrected chi connectivity index (χ1v) is 7.82. The van der Waals surface area contributed by atoms with Gasteiger partial charge in [-0.25, -0.2) is 4.39 Å². The molecule has 1 N–H and O–H groups in total. The van der Waals surface area contributed by atoms with Crippen LogP contribution in [0.3, 0.4) is 0 Å². The highest BCUT2D eigenvalue weighted by Gasteiger charge is 2.29. The first-order chi connectivity index (χ1) is 10.1. The van der Waals surface area contributed by atoms with Crippen molar-refractivity contribution in [2.24, 2.45) is 0 Å². The number of halogens is 3. The predicted molar refractivity (Wildman–Crippen MR) is 85.8 cm³/mol. The van der Waals surface area contributed by atoms with Crippen LogP contribution in [0.2, 0.25) is 10.0 Å². The second kappa shape index (κ2) is 6.35. The van der Waals surface area contributed by atoms with Gasteiger partial charge in [0.1, 0.15) is 5.82 Å². The van der Waals surface area contributed by atoms with E-state index in [1.165, 1.54) is 6.07 Å². The van der Waals surface area contributed by atoms with Crippen molar-refractivity contribution >= 4 is 23.2 Å². The van der Waals surface area contributed by atoms with E-state index in [9.17, 15) is 4.39 Å². The Kier molecular flexibility index (Phi) is 4.48. The van der Waals surface area contributed by atoms with Crippen molar-refractivity contribution in [1.29, 1.82) is 0 Å². The lowest BCUT2D eigenvalue weighted by molar-refractivity contribution is 0.403. The fraction of sp³-hybridized carbons (Fsp3) is 0.294. The standard InChI is InChI=1S/C17H16Cl2FN/c18-12-7-11(8-13(20)9-12)14-5-6-21-10-16(14)15-3-1-2-4-17(15)19/h1-4,7-9,14,16,21H,5-6,10H2. The van der Waals surface area contributed by atoms with Crippen molar-refractivity contribution in [1.82, 2.24) is 5.32 Å². The lowest BCUT2D eigenvalue weighted by Gasteiger charge is -2.33. The molecule has 21 heavy (non-hydrogen) atoms. The molecule has 0 radical (unpaired) electrons. The minimum absolute atomic E-state index is 0.222. The first-order valence-electron chi connectivity index (χ1n) is 7.06. The van der Waals surface area contributed by atoms with E-state index in [0.717, 1.165) is 35.7 Å². The highest BCUT2D eigenvalue weighted by atomic mass is 35.5. The maximum Gasteiger partial charge on any atom is 0.124 e. The quantitative estimate of drug-likeness (QED) is 0.820. The second-order valence-electron chi connectivity index (χ2n) is 5.43. The van der Waals surface area contributed by atoms with Crippen LogP contribution in [0.15, 0.2) is 42.5 Å². The molecule has 4 heteroatoms. The molecule has 110 valence electrons. The SMILES string of the molecule is Fc1cc(Cl)cc(C2CCNCC2c2ccccc2Cl)c1. The summed E-state index contributed by atoms with van der Waals surface area (Å²) in [5.41, 5.74) is 2.06. The van der Waals surface area contributed by atoms with Crippen LogP contribution >= 0.6 is 23.2 Å². The van der Waals surface area contributed by atoms with Crippen LogP contribution in [0.25, 0.3) is 0 Å². The summed E-state index contributed by atoms with van der Waals surface area (Å²) in [5.74, 6) is 0.165. The Hall–Kier alpha value is -1.09. The van der Waals surface area contributed by atoms with E-state index >= 15 is 0 Å². The highest BCUT2D eigenvalue weighted by molar-refractivity contribution is 6.31. The molecule has 1 aliphatic rings. The van der Waals surface area contributed by atoms with Crippen molar-refractivity contribution in [2.75, 3.05) is 13.1 Å². The van der Waals surface area contributed by atoms with Crippen LogP contribution in [0.5, 0.6) is 0 Å². The van der Waals surface area contributed by atoms with Gasteiger partial charge >= 0.3 is 0 Å². The third-order valence-electron chi connectivity index (χ3n) is 4.10. The van der Waals surface area contributed by atoms with Crippen LogP contribution in [0.4, 0.5) is 4.39 Å². The molecule has 0 saturated carbocycles. The van der Waals surface area contributed by atoms with Crippen molar-refractivity contribution in [2.45, 2.75) is 18.3 Å². The molecule has 2 atom stereocenters. The summed E-state index contributed by atoms with van der Waals surface area (Å²) in [6.45, 7) is 1.75. The van der Waals surface area contributed by atoms with E-state index in [1.54, 1.807) is 6.07 Å². The molecule has 0 amide bonds. The second-order valence-corrected chi connectivity index (χ2v) is 6.27. The molecule has 1 fully saturated rings. The van der Waals surface area contributed by atoms with Gasteiger partial charge < -0.3 is 5.32 Å². The normalized spacial score (nSPS) is 22.2. The Labute approximate surface area is 134 Å². The third kappa shape index (κ3) is 3.23. The maximum absolute atomic E-state index is 13.7. The topological polar surface area (TPSA) is 12.0 Å². The van der Waals surface area contributed by atoms with E-state index in [1.807, 2.05) is 30.3 Å². The molecule has 0 bridgehead atoms. The summed E-state index contributed by atoms with van der Waals surface area (Å²) in [5, 5.41) is 4.61. The number of nitrogens with one attached hydrogen (secondary N) is 1. The van der Waals surface area contributed by atoms with Crippen LogP contribution in [0, 0.1) is 5.82 Å². The van der Waals surface area contributed by atoms with Gasteiger partial charge in [-0.05, 0) is 54.3 Å². The van der Waals surface area contributed by atoms with Gasteiger partial charge in [0, 0.05) is 22.5 Å². The van der Waals surface area contributed by atoms with Crippen molar-refractivity contribution in [3.63, 3.8) is 0 Å². The Bertz CT molecular complexity index is 624. The first kappa shape index (κ1) is 14.8. The molecule has 0 aromatic heterocycles. The molecule has 2 aromatic rings. The van der Waals surface area contributed by atoms with Crippen LogP contribution in [0.1, 0.15) is 29.4 Å². The zero-order valence-electron chi connectivity index (χ0n) is 11.5. The average molecular weight is 324 g/mol. The van der Waals surface area contributed by atoms with Gasteiger partial charge in [-0.2, -0.15) is 0 Å². The highest BCUT2D eigenvalue weighted by Crippen LogP contribution is 2.40. The van der Waals surface area contributed by atoms with Gasteiger partial charge in [-0.1, -0.05) is 41.4 Å². The molecular formula is C17H16Cl2FN. The van der Waals surface area contributed by atoms with Crippen LogP contribution in [-0.4, -0.2) is 13.1 Å². The Morgan fingerprint density at radius 2 is 1.86 bits per heavy atom. The van der Waals surface area contributed by atoms with Crippen molar-refractivity contribution in [3.05, 3.63) is 69.5 Å². The molecule has 2 unspecified atom stereocenters. The predicted octanol–water partition coefficient (Wildman–Crippen LogP) is 4.99. The zero-order chi connectivity index (χ0) is 14.8. The summed E-state index contributed by atoms with van der Waals surface area (Å²) >= 11 is 12.4. The molecule has 1 saturated heterocycles. The molecule has 1 aliphatic heterocycles. The molecule has 2 aromatic carbocycles. The monoisotopic (exact) mass is 323 g/mol. The summed E-state index contributed by atoms with van der Waals surface area (Å²) in [6.07, 6.45) is 0.940. The molecule has 0 spiro atoms. The van der Waals surface area contributed by atoms with Gasteiger partial charge in [0.05, 0.1) is 0 Å². The maximum atomic E-state index is 13.7. The van der Waals surface area contributed by atoms with Crippen molar-refractivity contribution in [3.8, 4) is 0 Å². The summed E-state index contributed by atoms with van der Waals surface area (Å²) in [7, 11) is 0. The molecule has 3 rings (SSSR count). The van der Waals surface area contributed by atoms with Crippen LogP contribution < -0.4 is 5.32 Å². The Morgan fingerprint density at radius 1 is 1.05 bits per heavy atom. The number of hydrogen-bond acceptors (Lipinski definition) is 1. The number of rotatable bonds is 2. The fourth-order valence-electron chi connectivity index (χ4n) is 3.15. The van der Waals surface area contributed by atoms with E-state index in [2.05, 4.69) is 5.32 Å². The van der Waals surface area contributed by atoms with Gasteiger partial charge in [0.25, 0.3) is 0 Å². The van der Waals surface area contributed by atoms with Gasteiger partial charge in [-0.3, -0.25) is 0 Å². The molecule has 1 heterocycles. The number of hydrogen-bond donors (Lipinski definition) is 1.